The number of hydrogen-bond donors (Lipinski definition) is 2. The maximum Gasteiger partial charge on any atom is 0.241 e. The number of sulfonamides is 1. The zero-order chi connectivity index (χ0) is 13.9. The Hall–Kier alpha value is -0.730. The summed E-state index contributed by atoms with van der Waals surface area (Å²) in [7, 11) is -3.50. The molecule has 2 heterocycles. The molecule has 2 N–H and O–H groups in total. The average molecular weight is 317 g/mol. The number of thiophene rings is 2. The minimum absolute atomic E-state index is 0.134. The zero-order valence-corrected chi connectivity index (χ0v) is 12.8. The van der Waals surface area contributed by atoms with Crippen LogP contribution >= 0.6 is 22.7 Å². The minimum Gasteiger partial charge on any atom is -0.391 e. The molecule has 0 saturated heterocycles. The van der Waals surface area contributed by atoms with Crippen molar-refractivity contribution in [3.05, 3.63) is 38.7 Å². The summed E-state index contributed by atoms with van der Waals surface area (Å²) in [4.78, 5) is 2.02. The Kier molecular flexibility index (Phi) is 4.75. The number of rotatable bonds is 6. The molecular weight excluding hydrogens is 302 g/mol. The topological polar surface area (TPSA) is 66.4 Å². The lowest BCUT2D eigenvalue weighted by atomic mass is 10.2. The van der Waals surface area contributed by atoms with Gasteiger partial charge in [-0.05, 0) is 30.9 Å². The van der Waals surface area contributed by atoms with Crippen molar-refractivity contribution in [3.8, 4) is 0 Å². The summed E-state index contributed by atoms with van der Waals surface area (Å²) < 4.78 is 26.9. The minimum atomic E-state index is -3.50. The van der Waals surface area contributed by atoms with Crippen LogP contribution in [0.4, 0.5) is 0 Å². The third kappa shape index (κ3) is 3.87. The lowest BCUT2D eigenvalue weighted by molar-refractivity contribution is 0.285. The summed E-state index contributed by atoms with van der Waals surface area (Å²) in [5, 5.41) is 12.5. The summed E-state index contributed by atoms with van der Waals surface area (Å²) >= 11 is 2.86. The summed E-state index contributed by atoms with van der Waals surface area (Å²) in [5.74, 6) is 0. The van der Waals surface area contributed by atoms with Crippen LogP contribution in [0.15, 0.2) is 33.9 Å². The number of aliphatic hydroxyl groups is 1. The van der Waals surface area contributed by atoms with Crippen LogP contribution in [0, 0.1) is 0 Å². The van der Waals surface area contributed by atoms with Crippen molar-refractivity contribution in [2.45, 2.75) is 30.9 Å². The van der Waals surface area contributed by atoms with Gasteiger partial charge >= 0.3 is 0 Å². The van der Waals surface area contributed by atoms with E-state index in [-0.39, 0.29) is 17.5 Å². The molecular formula is C12H15NO3S3. The molecule has 0 spiro atoms. The quantitative estimate of drug-likeness (QED) is 0.858. The Morgan fingerprint density at radius 1 is 1.37 bits per heavy atom. The lowest BCUT2D eigenvalue weighted by Gasteiger charge is -2.12. The Morgan fingerprint density at radius 3 is 2.74 bits per heavy atom. The van der Waals surface area contributed by atoms with Crippen LogP contribution in [0.3, 0.4) is 0 Å². The SMILES string of the molecule is CC(Cc1cccs1)NS(=O)(=O)c1csc(CO)c1. The monoisotopic (exact) mass is 317 g/mol. The van der Waals surface area contributed by atoms with E-state index in [9.17, 15) is 8.42 Å². The molecule has 0 bridgehead atoms. The van der Waals surface area contributed by atoms with Crippen LogP contribution in [0.5, 0.6) is 0 Å². The highest BCUT2D eigenvalue weighted by Gasteiger charge is 2.19. The molecule has 0 aromatic carbocycles. The van der Waals surface area contributed by atoms with E-state index in [1.54, 1.807) is 16.7 Å². The van der Waals surface area contributed by atoms with Gasteiger partial charge in [-0.25, -0.2) is 13.1 Å². The predicted octanol–water partition coefficient (Wildman–Crippen LogP) is 2.21. The normalized spacial score (nSPS) is 13.6. The molecule has 0 amide bonds. The van der Waals surface area contributed by atoms with E-state index in [0.717, 1.165) is 4.88 Å². The van der Waals surface area contributed by atoms with E-state index < -0.39 is 10.0 Å². The van der Waals surface area contributed by atoms with Crippen LogP contribution in [0.1, 0.15) is 16.7 Å². The highest BCUT2D eigenvalue weighted by molar-refractivity contribution is 7.89. The largest absolute Gasteiger partial charge is 0.391 e. The number of hydrogen-bond acceptors (Lipinski definition) is 5. The molecule has 0 aliphatic heterocycles. The molecule has 2 aromatic rings. The molecule has 104 valence electrons. The van der Waals surface area contributed by atoms with Gasteiger partial charge in [0.05, 0.1) is 11.5 Å². The summed E-state index contributed by atoms with van der Waals surface area (Å²) in [6.45, 7) is 1.71. The molecule has 0 radical (unpaired) electrons. The first-order chi connectivity index (χ1) is 9.01. The molecule has 7 heteroatoms. The Bertz CT molecular complexity index is 616. The first-order valence-electron chi connectivity index (χ1n) is 5.74. The molecule has 0 aliphatic rings. The van der Waals surface area contributed by atoms with Gasteiger partial charge in [-0.2, -0.15) is 0 Å². The fraction of sp³-hybridized carbons (Fsp3) is 0.333. The average Bonchev–Trinajstić information content (AvgIpc) is 2.97. The molecule has 2 rings (SSSR count). The molecule has 0 fully saturated rings. The standard InChI is InChI=1S/C12H15NO3S3/c1-9(5-10-3-2-4-17-10)13-19(15,16)12-6-11(7-14)18-8-12/h2-4,6,8-9,13-14H,5,7H2,1H3. The zero-order valence-electron chi connectivity index (χ0n) is 10.4. The van der Waals surface area contributed by atoms with Gasteiger partial charge in [-0.1, -0.05) is 6.07 Å². The van der Waals surface area contributed by atoms with Crippen molar-refractivity contribution in [3.63, 3.8) is 0 Å². The van der Waals surface area contributed by atoms with Gasteiger partial charge in [0.1, 0.15) is 0 Å². The molecule has 1 atom stereocenters. The Morgan fingerprint density at radius 2 is 2.16 bits per heavy atom. The molecule has 0 saturated carbocycles. The van der Waals surface area contributed by atoms with Crippen molar-refractivity contribution in [1.82, 2.24) is 4.72 Å². The van der Waals surface area contributed by atoms with Crippen molar-refractivity contribution in [2.24, 2.45) is 0 Å². The van der Waals surface area contributed by atoms with E-state index >= 15 is 0 Å². The van der Waals surface area contributed by atoms with Crippen LogP contribution in [0.25, 0.3) is 0 Å². The second-order valence-electron chi connectivity index (χ2n) is 4.21. The van der Waals surface area contributed by atoms with Crippen molar-refractivity contribution < 1.29 is 13.5 Å². The molecule has 0 aliphatic carbocycles. The molecule has 2 aromatic heterocycles. The molecule has 1 unspecified atom stereocenters. The maximum absolute atomic E-state index is 12.1. The smallest absolute Gasteiger partial charge is 0.241 e. The highest BCUT2D eigenvalue weighted by Crippen LogP contribution is 2.20. The van der Waals surface area contributed by atoms with Gasteiger partial charge in [0.2, 0.25) is 10.0 Å². The van der Waals surface area contributed by atoms with Crippen LogP contribution in [0.2, 0.25) is 0 Å². The first kappa shape index (κ1) is 14.7. The van der Waals surface area contributed by atoms with Gasteiger partial charge < -0.3 is 5.11 Å². The third-order valence-electron chi connectivity index (χ3n) is 2.54. The van der Waals surface area contributed by atoms with E-state index in [1.807, 2.05) is 24.4 Å². The van der Waals surface area contributed by atoms with Gasteiger partial charge in [0.15, 0.2) is 0 Å². The van der Waals surface area contributed by atoms with Crippen LogP contribution in [-0.4, -0.2) is 19.6 Å². The van der Waals surface area contributed by atoms with Crippen LogP contribution < -0.4 is 4.72 Å². The summed E-state index contributed by atoms with van der Waals surface area (Å²) in [5.41, 5.74) is 0. The van der Waals surface area contributed by atoms with Crippen LogP contribution in [-0.2, 0) is 23.1 Å². The predicted molar refractivity (Wildman–Crippen MR) is 78.0 cm³/mol. The summed E-state index contributed by atoms with van der Waals surface area (Å²) in [6, 6.07) is 5.28. The fourth-order valence-corrected chi connectivity index (χ4v) is 4.90. The maximum atomic E-state index is 12.1. The second kappa shape index (κ2) is 6.15. The first-order valence-corrected chi connectivity index (χ1v) is 8.98. The summed E-state index contributed by atoms with van der Waals surface area (Å²) in [6.07, 6.45) is 0.674. The van der Waals surface area contributed by atoms with E-state index in [1.165, 1.54) is 17.4 Å². The Labute approximate surface area is 120 Å². The van der Waals surface area contributed by atoms with Crippen molar-refractivity contribution >= 4 is 32.7 Å². The Balaban J connectivity index is 2.04. The van der Waals surface area contributed by atoms with Gasteiger partial charge in [-0.15, -0.1) is 22.7 Å². The fourth-order valence-electron chi connectivity index (χ4n) is 1.69. The van der Waals surface area contributed by atoms with E-state index in [0.29, 0.717) is 11.3 Å². The van der Waals surface area contributed by atoms with Crippen molar-refractivity contribution in [1.29, 1.82) is 0 Å². The van der Waals surface area contributed by atoms with E-state index in [2.05, 4.69) is 4.72 Å². The highest BCUT2D eigenvalue weighted by atomic mass is 32.2. The van der Waals surface area contributed by atoms with Gasteiger partial charge in [0.25, 0.3) is 0 Å². The van der Waals surface area contributed by atoms with Gasteiger partial charge in [-0.3, -0.25) is 0 Å². The van der Waals surface area contributed by atoms with E-state index in [4.69, 9.17) is 5.11 Å². The molecule has 4 nitrogen and oxygen atoms in total. The number of nitrogens with one attached hydrogen (secondary N) is 1. The third-order valence-corrected chi connectivity index (χ3v) is 6.08. The van der Waals surface area contributed by atoms with Gasteiger partial charge in [0, 0.05) is 21.2 Å². The lowest BCUT2D eigenvalue weighted by Crippen LogP contribution is -2.33. The number of aliphatic hydroxyl groups excluding tert-OH is 1. The molecule has 19 heavy (non-hydrogen) atoms. The van der Waals surface area contributed by atoms with Crippen molar-refractivity contribution in [2.75, 3.05) is 0 Å². The second-order valence-corrected chi connectivity index (χ2v) is 7.95.